The van der Waals surface area contributed by atoms with Gasteiger partial charge in [0.25, 0.3) is 0 Å². The minimum Gasteiger partial charge on any atom is -0.313 e. The van der Waals surface area contributed by atoms with Gasteiger partial charge in [-0.05, 0) is 43.4 Å². The van der Waals surface area contributed by atoms with Crippen molar-refractivity contribution in [1.29, 1.82) is 0 Å². The van der Waals surface area contributed by atoms with E-state index in [-0.39, 0.29) is 0 Å². The lowest BCUT2D eigenvalue weighted by atomic mass is 9.87. The number of hydrogen-bond donors (Lipinski definition) is 1. The third-order valence-electron chi connectivity index (χ3n) is 3.97. The van der Waals surface area contributed by atoms with Crippen LogP contribution < -0.4 is 5.32 Å². The number of hydrogen-bond acceptors (Lipinski definition) is 2. The van der Waals surface area contributed by atoms with E-state index in [2.05, 4.69) is 37.1 Å². The average molecular weight is 297 g/mol. The Morgan fingerprint density at radius 2 is 2.05 bits per heavy atom. The van der Waals surface area contributed by atoms with Crippen LogP contribution in [0.15, 0.2) is 18.5 Å². The predicted octanol–water partition coefficient (Wildman–Crippen LogP) is 4.86. The highest BCUT2D eigenvalue weighted by Crippen LogP contribution is 2.23. The van der Waals surface area contributed by atoms with Crippen LogP contribution in [0.3, 0.4) is 0 Å². The van der Waals surface area contributed by atoms with E-state index < -0.39 is 0 Å². The van der Waals surface area contributed by atoms with Gasteiger partial charge >= 0.3 is 0 Å². The molecule has 1 aromatic heterocycles. The molecule has 1 rings (SSSR count). The first kappa shape index (κ1) is 17.5. The first-order valence-corrected chi connectivity index (χ1v) is 8.42. The molecule has 0 spiro atoms. The summed E-state index contributed by atoms with van der Waals surface area (Å²) in [4.78, 5) is 4.08. The summed E-state index contributed by atoms with van der Waals surface area (Å²) in [5, 5.41) is 4.52. The number of pyridine rings is 1. The molecule has 0 saturated heterocycles. The molecule has 1 heterocycles. The molecule has 3 heteroatoms. The molecule has 0 radical (unpaired) electrons. The van der Waals surface area contributed by atoms with E-state index in [0.29, 0.717) is 6.04 Å². The molecular weight excluding hydrogens is 268 g/mol. The van der Waals surface area contributed by atoms with E-state index in [1.807, 2.05) is 6.20 Å². The average Bonchev–Trinajstić information content (AvgIpc) is 2.47. The summed E-state index contributed by atoms with van der Waals surface area (Å²) >= 11 is 6.26. The van der Waals surface area contributed by atoms with Gasteiger partial charge in [-0.2, -0.15) is 0 Å². The standard InChI is InChI=1S/C17H29ClN2/c1-4-7-8-14(6-3)17(20-10-5-2)12-15-9-11-19-13-16(15)18/h9,11,13-14,17,20H,4-8,10,12H2,1-3H3. The van der Waals surface area contributed by atoms with Crippen molar-refractivity contribution in [2.75, 3.05) is 6.54 Å². The smallest absolute Gasteiger partial charge is 0.0621 e. The van der Waals surface area contributed by atoms with Crippen molar-refractivity contribution in [3.8, 4) is 0 Å². The third kappa shape index (κ3) is 5.80. The summed E-state index contributed by atoms with van der Waals surface area (Å²) in [5.74, 6) is 0.728. The second kappa shape index (κ2) is 10.2. The van der Waals surface area contributed by atoms with Gasteiger partial charge in [-0.25, -0.2) is 0 Å². The van der Waals surface area contributed by atoms with Gasteiger partial charge in [0, 0.05) is 18.4 Å². The maximum Gasteiger partial charge on any atom is 0.0621 e. The third-order valence-corrected chi connectivity index (χ3v) is 4.31. The van der Waals surface area contributed by atoms with Crippen LogP contribution >= 0.6 is 11.6 Å². The summed E-state index contributed by atoms with van der Waals surface area (Å²) in [6.45, 7) is 7.86. The van der Waals surface area contributed by atoms with Crippen molar-refractivity contribution < 1.29 is 0 Å². The van der Waals surface area contributed by atoms with Crippen LogP contribution in [-0.2, 0) is 6.42 Å². The van der Waals surface area contributed by atoms with E-state index in [9.17, 15) is 0 Å². The molecule has 0 aromatic carbocycles. The molecule has 2 atom stereocenters. The van der Waals surface area contributed by atoms with E-state index in [1.54, 1.807) is 6.20 Å². The molecule has 0 amide bonds. The summed E-state index contributed by atoms with van der Waals surface area (Å²) in [5.41, 5.74) is 1.21. The van der Waals surface area contributed by atoms with Gasteiger partial charge in [0.1, 0.15) is 0 Å². The fourth-order valence-corrected chi connectivity index (χ4v) is 2.89. The summed E-state index contributed by atoms with van der Waals surface area (Å²) in [7, 11) is 0. The largest absolute Gasteiger partial charge is 0.313 e. The molecule has 0 aliphatic rings. The normalized spacial score (nSPS) is 14.2. The van der Waals surface area contributed by atoms with Gasteiger partial charge in [-0.1, -0.05) is 51.6 Å². The number of unbranched alkanes of at least 4 members (excludes halogenated alkanes) is 1. The highest BCUT2D eigenvalue weighted by Gasteiger charge is 2.20. The number of rotatable bonds is 10. The van der Waals surface area contributed by atoms with Crippen molar-refractivity contribution in [2.45, 2.75) is 65.3 Å². The maximum atomic E-state index is 6.26. The van der Waals surface area contributed by atoms with Crippen LogP contribution in [0.4, 0.5) is 0 Å². The lowest BCUT2D eigenvalue weighted by Crippen LogP contribution is -2.38. The van der Waals surface area contributed by atoms with Crippen LogP contribution in [0.25, 0.3) is 0 Å². The van der Waals surface area contributed by atoms with Gasteiger partial charge in [0.2, 0.25) is 0 Å². The van der Waals surface area contributed by atoms with Crippen LogP contribution in [0, 0.1) is 5.92 Å². The maximum absolute atomic E-state index is 6.26. The van der Waals surface area contributed by atoms with E-state index >= 15 is 0 Å². The molecule has 2 nitrogen and oxygen atoms in total. The van der Waals surface area contributed by atoms with Crippen LogP contribution in [0.1, 0.15) is 58.4 Å². The quantitative estimate of drug-likeness (QED) is 0.667. The zero-order valence-electron chi connectivity index (χ0n) is 13.2. The first-order valence-electron chi connectivity index (χ1n) is 8.04. The van der Waals surface area contributed by atoms with Crippen LogP contribution in [0.2, 0.25) is 5.02 Å². The lowest BCUT2D eigenvalue weighted by molar-refractivity contribution is 0.315. The first-order chi connectivity index (χ1) is 9.72. The van der Waals surface area contributed by atoms with Crippen molar-refractivity contribution in [2.24, 2.45) is 5.92 Å². The summed E-state index contributed by atoms with van der Waals surface area (Å²) < 4.78 is 0. The van der Waals surface area contributed by atoms with Crippen LogP contribution in [-0.4, -0.2) is 17.6 Å². The molecule has 0 aliphatic carbocycles. The Bertz CT molecular complexity index is 368. The van der Waals surface area contributed by atoms with Gasteiger partial charge in [0.05, 0.1) is 5.02 Å². The monoisotopic (exact) mass is 296 g/mol. The highest BCUT2D eigenvalue weighted by molar-refractivity contribution is 6.31. The van der Waals surface area contributed by atoms with Crippen molar-refractivity contribution in [3.63, 3.8) is 0 Å². The SMILES string of the molecule is CCCCC(CC)C(Cc1ccncc1Cl)NCCC. The van der Waals surface area contributed by atoms with E-state index in [1.165, 1.54) is 37.7 Å². The molecule has 20 heavy (non-hydrogen) atoms. The molecule has 1 N–H and O–H groups in total. The molecular formula is C17H29ClN2. The number of halogens is 1. The number of nitrogens with zero attached hydrogens (tertiary/aromatic N) is 1. The Labute approximate surface area is 129 Å². The minimum atomic E-state index is 0.520. The fourth-order valence-electron chi connectivity index (χ4n) is 2.70. The lowest BCUT2D eigenvalue weighted by Gasteiger charge is -2.28. The van der Waals surface area contributed by atoms with E-state index in [0.717, 1.165) is 23.9 Å². The Kier molecular flexibility index (Phi) is 8.88. The summed E-state index contributed by atoms with van der Waals surface area (Å²) in [6, 6.07) is 2.57. The molecule has 1 aromatic rings. The highest BCUT2D eigenvalue weighted by atomic mass is 35.5. The van der Waals surface area contributed by atoms with Crippen molar-refractivity contribution in [3.05, 3.63) is 29.0 Å². The molecule has 0 fully saturated rings. The Morgan fingerprint density at radius 1 is 1.25 bits per heavy atom. The van der Waals surface area contributed by atoms with Gasteiger partial charge in [0.15, 0.2) is 0 Å². The van der Waals surface area contributed by atoms with Crippen molar-refractivity contribution in [1.82, 2.24) is 10.3 Å². The second-order valence-corrected chi connectivity index (χ2v) is 5.95. The molecule has 0 bridgehead atoms. The van der Waals surface area contributed by atoms with Gasteiger partial charge in [-0.3, -0.25) is 4.98 Å². The zero-order valence-corrected chi connectivity index (χ0v) is 13.9. The van der Waals surface area contributed by atoms with E-state index in [4.69, 9.17) is 11.6 Å². The number of nitrogens with one attached hydrogen (secondary N) is 1. The van der Waals surface area contributed by atoms with Crippen molar-refractivity contribution >= 4 is 11.6 Å². The molecule has 0 aliphatic heterocycles. The van der Waals surface area contributed by atoms with Gasteiger partial charge < -0.3 is 5.32 Å². The second-order valence-electron chi connectivity index (χ2n) is 5.54. The molecule has 114 valence electrons. The topological polar surface area (TPSA) is 24.9 Å². The Morgan fingerprint density at radius 3 is 2.65 bits per heavy atom. The predicted molar refractivity (Wildman–Crippen MR) is 88.3 cm³/mol. The Balaban J connectivity index is 2.74. The molecule has 2 unspecified atom stereocenters. The minimum absolute atomic E-state index is 0.520. The zero-order chi connectivity index (χ0) is 14.8. The molecule has 0 saturated carbocycles. The Hall–Kier alpha value is -0.600. The van der Waals surface area contributed by atoms with Crippen LogP contribution in [0.5, 0.6) is 0 Å². The fraction of sp³-hybridized carbons (Fsp3) is 0.706. The number of aromatic nitrogens is 1. The summed E-state index contributed by atoms with van der Waals surface area (Å²) in [6.07, 6.45) is 10.9. The van der Waals surface area contributed by atoms with Gasteiger partial charge in [-0.15, -0.1) is 0 Å².